The number of ketones is 1. The third-order valence-electron chi connectivity index (χ3n) is 5.18. The molecule has 2 heterocycles. The molecule has 31 heavy (non-hydrogen) atoms. The molecule has 5 nitrogen and oxygen atoms in total. The molecule has 158 valence electrons. The highest BCUT2D eigenvalue weighted by Gasteiger charge is 2.23. The normalized spacial score (nSPS) is 11.2. The molecule has 0 bridgehead atoms. The summed E-state index contributed by atoms with van der Waals surface area (Å²) in [4.78, 5) is 26.9. The summed E-state index contributed by atoms with van der Waals surface area (Å²) in [6.45, 7) is 2.19. The van der Waals surface area contributed by atoms with Crippen molar-refractivity contribution in [2.45, 2.75) is 31.3 Å². The van der Waals surface area contributed by atoms with Crippen molar-refractivity contribution < 1.29 is 4.79 Å². The van der Waals surface area contributed by atoms with Gasteiger partial charge in [0.1, 0.15) is 5.03 Å². The Labute approximate surface area is 189 Å². The lowest BCUT2D eigenvalue weighted by Gasteiger charge is -2.19. The molecule has 0 fully saturated rings. The molecule has 0 amide bonds. The maximum absolute atomic E-state index is 13.6. The summed E-state index contributed by atoms with van der Waals surface area (Å²) in [6, 6.07) is 16.8. The summed E-state index contributed by atoms with van der Waals surface area (Å²) in [5.41, 5.74) is 2.57. The molecule has 4 aromatic rings. The van der Waals surface area contributed by atoms with E-state index in [9.17, 15) is 9.59 Å². The van der Waals surface area contributed by atoms with Gasteiger partial charge in [-0.15, -0.1) is 11.8 Å². The first kappa shape index (κ1) is 21.4. The average molecular weight is 452 g/mol. The highest BCUT2D eigenvalue weighted by atomic mass is 35.5. The Bertz CT molecular complexity index is 1310. The van der Waals surface area contributed by atoms with Gasteiger partial charge in [0, 0.05) is 22.4 Å². The van der Waals surface area contributed by atoms with Crippen LogP contribution in [0.2, 0.25) is 5.02 Å². The third-order valence-corrected chi connectivity index (χ3v) is 6.04. The van der Waals surface area contributed by atoms with E-state index in [4.69, 9.17) is 11.6 Å². The second kappa shape index (κ2) is 9.12. The number of halogens is 1. The van der Waals surface area contributed by atoms with E-state index in [1.807, 2.05) is 49.6 Å². The van der Waals surface area contributed by atoms with Gasteiger partial charge in [-0.1, -0.05) is 48.9 Å². The van der Waals surface area contributed by atoms with Crippen molar-refractivity contribution in [2.75, 3.05) is 6.26 Å². The van der Waals surface area contributed by atoms with E-state index >= 15 is 0 Å². The SMILES string of the molecule is CCCC(=O)c1c(-c2ccccc2)c2cc(Cl)ccc2c(=O)n1Cc1cc(SC)n[nH]1. The summed E-state index contributed by atoms with van der Waals surface area (Å²) in [5.74, 6) is -0.0649. The number of hydrogen-bond acceptors (Lipinski definition) is 4. The quantitative estimate of drug-likeness (QED) is 0.285. The van der Waals surface area contributed by atoms with Crippen LogP contribution < -0.4 is 5.56 Å². The average Bonchev–Trinajstić information content (AvgIpc) is 3.23. The Morgan fingerprint density at radius 1 is 1.13 bits per heavy atom. The van der Waals surface area contributed by atoms with Gasteiger partial charge in [-0.2, -0.15) is 5.10 Å². The van der Waals surface area contributed by atoms with Crippen LogP contribution in [0.5, 0.6) is 0 Å². The number of pyridine rings is 1. The van der Waals surface area contributed by atoms with E-state index in [2.05, 4.69) is 10.2 Å². The van der Waals surface area contributed by atoms with Crippen LogP contribution in [-0.4, -0.2) is 26.8 Å². The number of fused-ring (bicyclic) bond motifs is 1. The van der Waals surface area contributed by atoms with E-state index in [-0.39, 0.29) is 17.9 Å². The molecular weight excluding hydrogens is 430 g/mol. The molecule has 0 spiro atoms. The molecular formula is C24H22ClN3O2S. The van der Waals surface area contributed by atoms with Gasteiger partial charge in [-0.3, -0.25) is 19.3 Å². The number of benzene rings is 2. The van der Waals surface area contributed by atoms with Crippen molar-refractivity contribution in [3.8, 4) is 11.1 Å². The van der Waals surface area contributed by atoms with Crippen LogP contribution in [0.4, 0.5) is 0 Å². The minimum atomic E-state index is -0.217. The number of aromatic amines is 1. The molecule has 0 saturated carbocycles. The van der Waals surface area contributed by atoms with Gasteiger partial charge in [0.15, 0.2) is 5.78 Å². The van der Waals surface area contributed by atoms with Crippen LogP contribution >= 0.6 is 23.4 Å². The predicted molar refractivity (Wildman–Crippen MR) is 127 cm³/mol. The number of aromatic nitrogens is 3. The van der Waals surface area contributed by atoms with Crippen LogP contribution in [0, 0.1) is 0 Å². The number of hydrogen-bond donors (Lipinski definition) is 1. The summed E-state index contributed by atoms with van der Waals surface area (Å²) in [5, 5.41) is 9.80. The molecule has 4 rings (SSSR count). The van der Waals surface area contributed by atoms with E-state index in [0.29, 0.717) is 34.3 Å². The zero-order valence-corrected chi connectivity index (χ0v) is 18.9. The van der Waals surface area contributed by atoms with Crippen molar-refractivity contribution in [2.24, 2.45) is 0 Å². The molecule has 0 aliphatic heterocycles. The lowest BCUT2D eigenvalue weighted by atomic mass is 9.94. The van der Waals surface area contributed by atoms with E-state index in [1.54, 1.807) is 22.8 Å². The summed E-state index contributed by atoms with van der Waals surface area (Å²) in [6.07, 6.45) is 2.98. The highest BCUT2D eigenvalue weighted by Crippen LogP contribution is 2.33. The van der Waals surface area contributed by atoms with Crippen molar-refractivity contribution in [3.63, 3.8) is 0 Å². The van der Waals surface area contributed by atoms with Gasteiger partial charge in [0.2, 0.25) is 0 Å². The van der Waals surface area contributed by atoms with Crippen LogP contribution in [0.15, 0.2) is 64.4 Å². The molecule has 0 unspecified atom stereocenters. The lowest BCUT2D eigenvalue weighted by molar-refractivity contribution is 0.0973. The zero-order valence-electron chi connectivity index (χ0n) is 17.3. The van der Waals surface area contributed by atoms with E-state index < -0.39 is 0 Å². The first-order valence-corrected chi connectivity index (χ1v) is 11.7. The van der Waals surface area contributed by atoms with Gasteiger partial charge in [-0.05, 0) is 47.9 Å². The number of Topliss-reactive ketones (excluding diaryl/α,β-unsaturated/α-hetero) is 1. The Morgan fingerprint density at radius 3 is 2.58 bits per heavy atom. The number of nitrogens with zero attached hydrogens (tertiary/aromatic N) is 2. The fourth-order valence-corrected chi connectivity index (χ4v) is 4.37. The molecule has 7 heteroatoms. The zero-order chi connectivity index (χ0) is 22.0. The molecule has 0 saturated heterocycles. The Balaban J connectivity index is 2.08. The predicted octanol–water partition coefficient (Wildman–Crippen LogP) is 5.80. The maximum Gasteiger partial charge on any atom is 0.259 e. The lowest BCUT2D eigenvalue weighted by Crippen LogP contribution is -2.28. The molecule has 0 atom stereocenters. The Kier molecular flexibility index (Phi) is 6.30. The maximum atomic E-state index is 13.6. The van der Waals surface area contributed by atoms with Gasteiger partial charge < -0.3 is 0 Å². The number of nitrogens with one attached hydrogen (secondary N) is 1. The highest BCUT2D eigenvalue weighted by molar-refractivity contribution is 7.98. The summed E-state index contributed by atoms with van der Waals surface area (Å²) in [7, 11) is 0. The second-order valence-electron chi connectivity index (χ2n) is 7.28. The summed E-state index contributed by atoms with van der Waals surface area (Å²) < 4.78 is 1.58. The minimum absolute atomic E-state index is 0.0649. The smallest absolute Gasteiger partial charge is 0.259 e. The fourth-order valence-electron chi connectivity index (χ4n) is 3.80. The number of H-pyrrole nitrogens is 1. The van der Waals surface area contributed by atoms with Gasteiger partial charge in [-0.25, -0.2) is 0 Å². The van der Waals surface area contributed by atoms with Gasteiger partial charge in [0.25, 0.3) is 5.56 Å². The van der Waals surface area contributed by atoms with E-state index in [1.165, 1.54) is 11.8 Å². The number of thioether (sulfide) groups is 1. The first-order chi connectivity index (χ1) is 15.0. The first-order valence-electron chi connectivity index (χ1n) is 10.1. The summed E-state index contributed by atoms with van der Waals surface area (Å²) >= 11 is 7.82. The van der Waals surface area contributed by atoms with Crippen molar-refractivity contribution in [3.05, 3.63) is 81.4 Å². The number of carbonyl (C=O) groups is 1. The molecule has 2 aromatic heterocycles. The Hall–Kier alpha value is -2.83. The minimum Gasteiger partial charge on any atom is -0.298 e. The number of rotatable bonds is 7. The van der Waals surface area contributed by atoms with Crippen molar-refractivity contribution in [1.82, 2.24) is 14.8 Å². The van der Waals surface area contributed by atoms with Gasteiger partial charge >= 0.3 is 0 Å². The number of carbonyl (C=O) groups excluding carboxylic acids is 1. The molecule has 1 N–H and O–H groups in total. The van der Waals surface area contributed by atoms with Crippen LogP contribution in [0.1, 0.15) is 35.9 Å². The van der Waals surface area contributed by atoms with Crippen LogP contribution in [0.3, 0.4) is 0 Å². The monoisotopic (exact) mass is 451 g/mol. The molecule has 0 aliphatic carbocycles. The molecule has 0 radical (unpaired) electrons. The van der Waals surface area contributed by atoms with Gasteiger partial charge in [0.05, 0.1) is 17.9 Å². The van der Waals surface area contributed by atoms with E-state index in [0.717, 1.165) is 21.8 Å². The third kappa shape index (κ3) is 4.18. The fraction of sp³-hybridized carbons (Fsp3) is 0.208. The largest absolute Gasteiger partial charge is 0.298 e. The second-order valence-corrected chi connectivity index (χ2v) is 8.54. The van der Waals surface area contributed by atoms with Crippen molar-refractivity contribution >= 4 is 39.9 Å². The molecule has 2 aromatic carbocycles. The standard InChI is InChI=1S/C24H22ClN3O2S/c1-3-7-20(29)23-22(15-8-5-4-6-9-15)19-12-16(25)10-11-18(19)24(30)28(23)14-17-13-21(31-2)27-26-17/h4-6,8-13H,3,7,14H2,1-2H3,(H,26,27). The Morgan fingerprint density at radius 2 is 1.90 bits per heavy atom. The van der Waals surface area contributed by atoms with Crippen LogP contribution in [-0.2, 0) is 6.54 Å². The van der Waals surface area contributed by atoms with Crippen LogP contribution in [0.25, 0.3) is 21.9 Å². The van der Waals surface area contributed by atoms with Crippen molar-refractivity contribution in [1.29, 1.82) is 0 Å². The topological polar surface area (TPSA) is 67.8 Å². The molecule has 0 aliphatic rings.